The zero-order valence-electron chi connectivity index (χ0n) is 11.5. The van der Waals surface area contributed by atoms with Crippen LogP contribution in [0.4, 0.5) is 0 Å². The number of aliphatic hydroxyl groups excluding tert-OH is 1. The number of benzene rings is 1. The maximum Gasteiger partial charge on any atom is 0.419 e. The number of aryl methyl sites for hydroxylation is 1. The Morgan fingerprint density at radius 2 is 1.95 bits per heavy atom. The molecule has 1 N–H and O–H groups in total. The number of fused-ring (bicyclic) bond motifs is 1. The Hall–Kier alpha value is -1.64. The molecule has 0 unspecified atom stereocenters. The monoisotopic (exact) mass is 312 g/mol. The quantitative estimate of drug-likeness (QED) is 0.859. The molecule has 2 heterocycles. The second-order valence-electron chi connectivity index (χ2n) is 5.19. The molecular weight excluding hydrogens is 296 g/mol. The lowest BCUT2D eigenvalue weighted by atomic mass is 10.1. The summed E-state index contributed by atoms with van der Waals surface area (Å²) in [6, 6.07) is 4.37. The molecule has 114 valence electrons. The normalized spacial score (nSPS) is 18.4. The van der Waals surface area contributed by atoms with Crippen molar-refractivity contribution >= 4 is 21.1 Å². The van der Waals surface area contributed by atoms with Crippen LogP contribution in [0.5, 0.6) is 0 Å². The second-order valence-corrected chi connectivity index (χ2v) is 7.13. The molecule has 1 fully saturated rings. The predicted molar refractivity (Wildman–Crippen MR) is 75.5 cm³/mol. The molecule has 2 aromatic rings. The van der Waals surface area contributed by atoms with E-state index in [2.05, 4.69) is 0 Å². The average Bonchev–Trinajstić information content (AvgIpc) is 2.74. The molecule has 0 amide bonds. The topological polar surface area (TPSA) is 92.8 Å². The summed E-state index contributed by atoms with van der Waals surface area (Å²) in [7, 11) is -2.09. The van der Waals surface area contributed by atoms with Crippen molar-refractivity contribution in [3.63, 3.8) is 0 Å². The molecule has 0 aliphatic carbocycles. The minimum atomic E-state index is -3.62. The van der Waals surface area contributed by atoms with Gasteiger partial charge in [0.25, 0.3) is 0 Å². The summed E-state index contributed by atoms with van der Waals surface area (Å²) in [5, 5.41) is 9.47. The molecule has 0 atom stereocenters. The van der Waals surface area contributed by atoms with Crippen molar-refractivity contribution < 1.29 is 17.9 Å². The third-order valence-corrected chi connectivity index (χ3v) is 5.72. The Labute approximate surface area is 121 Å². The van der Waals surface area contributed by atoms with Crippen LogP contribution in [0.3, 0.4) is 0 Å². The first-order valence-electron chi connectivity index (χ1n) is 6.67. The first-order valence-corrected chi connectivity index (χ1v) is 8.11. The minimum Gasteiger partial charge on any atom is -0.408 e. The third-order valence-electron chi connectivity index (χ3n) is 3.82. The van der Waals surface area contributed by atoms with Gasteiger partial charge < -0.3 is 9.52 Å². The van der Waals surface area contributed by atoms with Crippen LogP contribution in [0.2, 0.25) is 0 Å². The van der Waals surface area contributed by atoms with Crippen molar-refractivity contribution in [1.82, 2.24) is 8.87 Å². The van der Waals surface area contributed by atoms with E-state index < -0.39 is 21.9 Å². The summed E-state index contributed by atoms with van der Waals surface area (Å²) in [6.45, 7) is 0.595. The maximum atomic E-state index is 12.6. The second kappa shape index (κ2) is 4.97. The van der Waals surface area contributed by atoms with Crippen LogP contribution >= 0.6 is 0 Å². The molecule has 0 radical (unpaired) electrons. The number of aliphatic hydroxyl groups is 1. The van der Waals surface area contributed by atoms with Crippen molar-refractivity contribution in [3.05, 3.63) is 28.7 Å². The summed E-state index contributed by atoms with van der Waals surface area (Å²) >= 11 is 0. The molecule has 1 aliphatic rings. The van der Waals surface area contributed by atoms with Crippen LogP contribution in [0.25, 0.3) is 11.1 Å². The number of piperidine rings is 1. The molecule has 1 aliphatic heterocycles. The summed E-state index contributed by atoms with van der Waals surface area (Å²) in [5.41, 5.74) is 0.800. The number of aromatic nitrogens is 1. The van der Waals surface area contributed by atoms with Gasteiger partial charge in [-0.25, -0.2) is 13.2 Å². The summed E-state index contributed by atoms with van der Waals surface area (Å²) in [6.07, 6.45) is 0.436. The fraction of sp³-hybridized carbons (Fsp3) is 0.462. The Balaban J connectivity index is 2.02. The van der Waals surface area contributed by atoms with Gasteiger partial charge in [0.1, 0.15) is 0 Å². The zero-order valence-corrected chi connectivity index (χ0v) is 12.3. The maximum absolute atomic E-state index is 12.6. The molecule has 8 heteroatoms. The van der Waals surface area contributed by atoms with Crippen LogP contribution in [0.1, 0.15) is 12.8 Å². The molecule has 1 saturated heterocycles. The Bertz CT molecular complexity index is 828. The van der Waals surface area contributed by atoms with Gasteiger partial charge in [-0.1, -0.05) is 0 Å². The molecule has 1 aromatic carbocycles. The van der Waals surface area contributed by atoms with Crippen LogP contribution in [0, 0.1) is 0 Å². The van der Waals surface area contributed by atoms with E-state index in [0.717, 1.165) is 0 Å². The summed E-state index contributed by atoms with van der Waals surface area (Å²) < 4.78 is 32.8. The van der Waals surface area contributed by atoms with Gasteiger partial charge >= 0.3 is 5.76 Å². The number of hydrogen-bond acceptors (Lipinski definition) is 5. The van der Waals surface area contributed by atoms with E-state index >= 15 is 0 Å². The fourth-order valence-corrected chi connectivity index (χ4v) is 3.99. The van der Waals surface area contributed by atoms with Crippen LogP contribution < -0.4 is 5.76 Å². The van der Waals surface area contributed by atoms with E-state index in [1.165, 1.54) is 34.1 Å². The fourth-order valence-electron chi connectivity index (χ4n) is 2.50. The van der Waals surface area contributed by atoms with Crippen molar-refractivity contribution in [2.75, 3.05) is 13.1 Å². The highest BCUT2D eigenvalue weighted by atomic mass is 32.2. The van der Waals surface area contributed by atoms with E-state index in [-0.39, 0.29) is 4.90 Å². The van der Waals surface area contributed by atoms with Gasteiger partial charge in [-0.2, -0.15) is 4.31 Å². The Morgan fingerprint density at radius 1 is 1.29 bits per heavy atom. The standard InChI is InChI=1S/C13H16N2O5S/c1-14-11-8-10(2-3-12(11)20-13(14)17)21(18,19)15-6-4-9(16)5-7-15/h2-3,8-9,16H,4-7H2,1H3. The molecule has 0 spiro atoms. The summed E-state index contributed by atoms with van der Waals surface area (Å²) in [4.78, 5) is 11.6. The molecule has 0 bridgehead atoms. The van der Waals surface area contributed by atoms with Crippen molar-refractivity contribution in [1.29, 1.82) is 0 Å². The first kappa shape index (κ1) is 14.3. The van der Waals surface area contributed by atoms with Gasteiger partial charge in [-0.05, 0) is 31.0 Å². The Kier molecular flexibility index (Phi) is 3.39. The number of hydrogen-bond donors (Lipinski definition) is 1. The van der Waals surface area contributed by atoms with Crippen molar-refractivity contribution in [2.24, 2.45) is 7.05 Å². The van der Waals surface area contributed by atoms with Crippen LogP contribution in [-0.4, -0.2) is 41.6 Å². The lowest BCUT2D eigenvalue weighted by molar-refractivity contribution is 0.113. The van der Waals surface area contributed by atoms with E-state index in [1.54, 1.807) is 0 Å². The van der Waals surface area contributed by atoms with Gasteiger partial charge in [0, 0.05) is 20.1 Å². The zero-order chi connectivity index (χ0) is 15.2. The smallest absolute Gasteiger partial charge is 0.408 e. The molecular formula is C13H16N2O5S. The molecule has 3 rings (SSSR count). The van der Waals surface area contributed by atoms with E-state index in [1.807, 2.05) is 0 Å². The van der Waals surface area contributed by atoms with Gasteiger partial charge in [-0.3, -0.25) is 4.57 Å². The molecule has 0 saturated carbocycles. The number of nitrogens with zero attached hydrogens (tertiary/aromatic N) is 2. The molecule has 21 heavy (non-hydrogen) atoms. The number of rotatable bonds is 2. The highest BCUT2D eigenvalue weighted by molar-refractivity contribution is 7.89. The minimum absolute atomic E-state index is 0.128. The largest absolute Gasteiger partial charge is 0.419 e. The predicted octanol–water partition coefficient (Wildman–Crippen LogP) is 0.277. The first-order chi connectivity index (χ1) is 9.89. The highest BCUT2D eigenvalue weighted by Crippen LogP contribution is 2.23. The Morgan fingerprint density at radius 3 is 2.62 bits per heavy atom. The lowest BCUT2D eigenvalue weighted by Crippen LogP contribution is -2.39. The molecule has 1 aromatic heterocycles. The van der Waals surface area contributed by atoms with Gasteiger partial charge in [0.2, 0.25) is 10.0 Å². The van der Waals surface area contributed by atoms with Gasteiger partial charge in [0.05, 0.1) is 16.5 Å². The summed E-state index contributed by atoms with van der Waals surface area (Å²) in [5.74, 6) is -0.527. The average molecular weight is 312 g/mol. The molecule has 7 nitrogen and oxygen atoms in total. The van der Waals surface area contributed by atoms with Gasteiger partial charge in [-0.15, -0.1) is 0 Å². The van der Waals surface area contributed by atoms with Crippen molar-refractivity contribution in [2.45, 2.75) is 23.8 Å². The van der Waals surface area contributed by atoms with Crippen LogP contribution in [-0.2, 0) is 17.1 Å². The number of oxazole rings is 1. The van der Waals surface area contributed by atoms with Crippen LogP contribution in [0.15, 0.2) is 32.3 Å². The van der Waals surface area contributed by atoms with Gasteiger partial charge in [0.15, 0.2) is 5.58 Å². The third kappa shape index (κ3) is 2.39. The number of sulfonamides is 1. The lowest BCUT2D eigenvalue weighted by Gasteiger charge is -2.28. The van der Waals surface area contributed by atoms with Crippen molar-refractivity contribution in [3.8, 4) is 0 Å². The SMILES string of the molecule is Cn1c(=O)oc2ccc(S(=O)(=O)N3CCC(O)CC3)cc21. The highest BCUT2D eigenvalue weighted by Gasteiger charge is 2.29. The van der Waals surface area contributed by atoms with E-state index in [9.17, 15) is 18.3 Å². The van der Waals surface area contributed by atoms with E-state index in [4.69, 9.17) is 4.42 Å². The van der Waals surface area contributed by atoms with E-state index in [0.29, 0.717) is 37.0 Å².